The Labute approximate surface area is 191 Å². The number of carbonyl (C=O) groups is 1. The van der Waals surface area contributed by atoms with Gasteiger partial charge in [0, 0.05) is 38.4 Å². The molecule has 7 heteroatoms. The second-order valence-electron chi connectivity index (χ2n) is 6.93. The van der Waals surface area contributed by atoms with Crippen LogP contribution in [0.1, 0.15) is 28.1 Å². The molecule has 1 aromatic heterocycles. The van der Waals surface area contributed by atoms with E-state index in [4.69, 9.17) is 23.2 Å². The summed E-state index contributed by atoms with van der Waals surface area (Å²) in [6, 6.07) is 15.7. The van der Waals surface area contributed by atoms with Gasteiger partial charge in [0.15, 0.2) is 0 Å². The molecule has 0 spiro atoms. The number of nitrogens with one attached hydrogen (secondary N) is 1. The van der Waals surface area contributed by atoms with E-state index < -0.39 is 0 Å². The van der Waals surface area contributed by atoms with Crippen LogP contribution < -0.4 is 5.43 Å². The van der Waals surface area contributed by atoms with Gasteiger partial charge in [-0.1, -0.05) is 47.5 Å². The number of amides is 1. The molecular formula is C23H23Cl2N3OS. The summed E-state index contributed by atoms with van der Waals surface area (Å²) in [5, 5.41) is 5.35. The maximum atomic E-state index is 12.1. The van der Waals surface area contributed by atoms with Gasteiger partial charge >= 0.3 is 0 Å². The highest BCUT2D eigenvalue weighted by Crippen LogP contribution is 2.28. The molecule has 2 aromatic carbocycles. The van der Waals surface area contributed by atoms with Gasteiger partial charge in [0.25, 0.3) is 0 Å². The Morgan fingerprint density at radius 3 is 2.50 bits per heavy atom. The average molecular weight is 460 g/mol. The van der Waals surface area contributed by atoms with Crippen LogP contribution in [0.25, 0.3) is 5.69 Å². The van der Waals surface area contributed by atoms with E-state index in [0.29, 0.717) is 15.8 Å². The van der Waals surface area contributed by atoms with Crippen molar-refractivity contribution in [3.63, 3.8) is 0 Å². The first-order valence-electron chi connectivity index (χ1n) is 9.46. The standard InChI is InChI=1S/C23H23Cl2N3OS/c1-15-7-4-5-10-22(15)28-16(2)11-18(17(28)3)12-26-27-23(29)14-30-13-19-20(24)8-6-9-21(19)25/h4-12H,13-14H2,1-3H3,(H,27,29)/b26-12-. The van der Waals surface area contributed by atoms with Crippen molar-refractivity contribution in [1.29, 1.82) is 0 Å². The third-order valence-electron chi connectivity index (χ3n) is 4.76. The molecule has 0 aliphatic rings. The van der Waals surface area contributed by atoms with Crippen molar-refractivity contribution >= 4 is 47.1 Å². The van der Waals surface area contributed by atoms with E-state index in [-0.39, 0.29) is 11.7 Å². The average Bonchev–Trinajstić information content (AvgIpc) is 2.98. The van der Waals surface area contributed by atoms with Crippen molar-refractivity contribution in [2.75, 3.05) is 5.75 Å². The van der Waals surface area contributed by atoms with Gasteiger partial charge in [-0.3, -0.25) is 4.79 Å². The normalized spacial score (nSPS) is 11.2. The first-order chi connectivity index (χ1) is 14.4. The zero-order chi connectivity index (χ0) is 21.7. The second-order valence-corrected chi connectivity index (χ2v) is 8.73. The first kappa shape index (κ1) is 22.5. The first-order valence-corrected chi connectivity index (χ1v) is 11.4. The lowest BCUT2D eigenvalue weighted by molar-refractivity contribution is -0.118. The molecule has 30 heavy (non-hydrogen) atoms. The Balaban J connectivity index is 1.59. The van der Waals surface area contributed by atoms with Gasteiger partial charge in [-0.2, -0.15) is 5.10 Å². The van der Waals surface area contributed by atoms with Gasteiger partial charge in [0.05, 0.1) is 12.0 Å². The Morgan fingerprint density at radius 1 is 1.10 bits per heavy atom. The highest BCUT2D eigenvalue weighted by atomic mass is 35.5. The number of aryl methyl sites for hydroxylation is 2. The number of thioether (sulfide) groups is 1. The number of nitrogens with zero attached hydrogens (tertiary/aromatic N) is 2. The van der Waals surface area contributed by atoms with Crippen molar-refractivity contribution in [2.24, 2.45) is 5.10 Å². The molecule has 156 valence electrons. The minimum Gasteiger partial charge on any atom is -0.318 e. The topological polar surface area (TPSA) is 46.4 Å². The lowest BCUT2D eigenvalue weighted by Crippen LogP contribution is -2.19. The Kier molecular flexibility index (Phi) is 7.64. The summed E-state index contributed by atoms with van der Waals surface area (Å²) in [6.45, 7) is 6.20. The molecule has 0 aliphatic carbocycles. The number of hydrogen-bond donors (Lipinski definition) is 1. The van der Waals surface area contributed by atoms with E-state index in [1.165, 1.54) is 17.3 Å². The van der Waals surface area contributed by atoms with Gasteiger partial charge in [-0.25, -0.2) is 5.43 Å². The molecule has 0 atom stereocenters. The summed E-state index contributed by atoms with van der Waals surface area (Å²) >= 11 is 13.8. The molecule has 0 saturated heterocycles. The molecule has 0 fully saturated rings. The Bertz CT molecular complexity index is 1070. The molecule has 0 bridgehead atoms. The third-order valence-corrected chi connectivity index (χ3v) is 6.43. The lowest BCUT2D eigenvalue weighted by atomic mass is 10.2. The van der Waals surface area contributed by atoms with Crippen LogP contribution in [0.4, 0.5) is 0 Å². The number of para-hydroxylation sites is 1. The summed E-state index contributed by atoms with van der Waals surface area (Å²) < 4.78 is 2.20. The smallest absolute Gasteiger partial charge is 0.250 e. The number of aromatic nitrogens is 1. The van der Waals surface area contributed by atoms with Crippen molar-refractivity contribution < 1.29 is 4.79 Å². The van der Waals surface area contributed by atoms with Gasteiger partial charge < -0.3 is 4.57 Å². The zero-order valence-corrected chi connectivity index (χ0v) is 19.4. The third kappa shape index (κ3) is 5.28. The van der Waals surface area contributed by atoms with E-state index in [1.54, 1.807) is 24.4 Å². The molecule has 1 N–H and O–H groups in total. The summed E-state index contributed by atoms with van der Waals surface area (Å²) in [5.74, 6) is 0.654. The van der Waals surface area contributed by atoms with Crippen LogP contribution >= 0.6 is 35.0 Å². The number of rotatable bonds is 7. The number of carbonyl (C=O) groups excluding carboxylic acids is 1. The predicted octanol–water partition coefficient (Wildman–Crippen LogP) is 6.09. The number of benzene rings is 2. The monoisotopic (exact) mass is 459 g/mol. The SMILES string of the molecule is Cc1ccccc1-n1c(C)cc(/C=N\NC(=O)CSCc2c(Cl)cccc2Cl)c1C. The molecule has 0 unspecified atom stereocenters. The summed E-state index contributed by atoms with van der Waals surface area (Å²) in [4.78, 5) is 12.1. The minimum atomic E-state index is -0.174. The molecule has 0 radical (unpaired) electrons. The second kappa shape index (κ2) is 10.2. The van der Waals surface area contributed by atoms with Crippen LogP contribution in [0.3, 0.4) is 0 Å². The van der Waals surface area contributed by atoms with Gasteiger partial charge in [-0.15, -0.1) is 11.8 Å². The molecule has 4 nitrogen and oxygen atoms in total. The van der Waals surface area contributed by atoms with E-state index in [2.05, 4.69) is 47.1 Å². The van der Waals surface area contributed by atoms with E-state index >= 15 is 0 Å². The Hall–Kier alpha value is -2.21. The summed E-state index contributed by atoms with van der Waals surface area (Å²) in [6.07, 6.45) is 1.69. The lowest BCUT2D eigenvalue weighted by Gasteiger charge is -2.12. The van der Waals surface area contributed by atoms with Crippen LogP contribution in [0.2, 0.25) is 10.0 Å². The number of hydrazone groups is 1. The van der Waals surface area contributed by atoms with Crippen LogP contribution in [-0.4, -0.2) is 22.4 Å². The molecule has 0 aliphatic heterocycles. The predicted molar refractivity (Wildman–Crippen MR) is 128 cm³/mol. The maximum Gasteiger partial charge on any atom is 0.250 e. The minimum absolute atomic E-state index is 0.174. The molecule has 3 rings (SSSR count). The fraction of sp³-hybridized carbons (Fsp3) is 0.217. The molecule has 1 heterocycles. The van der Waals surface area contributed by atoms with Crippen molar-refractivity contribution in [2.45, 2.75) is 26.5 Å². The maximum absolute atomic E-state index is 12.1. The highest BCUT2D eigenvalue weighted by Gasteiger charge is 2.11. The zero-order valence-electron chi connectivity index (χ0n) is 17.1. The highest BCUT2D eigenvalue weighted by molar-refractivity contribution is 7.99. The largest absolute Gasteiger partial charge is 0.318 e. The van der Waals surface area contributed by atoms with Gasteiger partial charge in [-0.05, 0) is 56.2 Å². The molecule has 1 amide bonds. The number of hydrogen-bond acceptors (Lipinski definition) is 3. The van der Waals surface area contributed by atoms with Crippen LogP contribution in [0.5, 0.6) is 0 Å². The molecule has 0 saturated carbocycles. The van der Waals surface area contributed by atoms with E-state index in [0.717, 1.165) is 28.2 Å². The van der Waals surface area contributed by atoms with E-state index in [9.17, 15) is 4.79 Å². The van der Waals surface area contributed by atoms with Gasteiger partial charge in [0.1, 0.15) is 0 Å². The number of halogens is 2. The quantitative estimate of drug-likeness (QED) is 0.343. The van der Waals surface area contributed by atoms with Crippen molar-refractivity contribution in [3.8, 4) is 5.69 Å². The fourth-order valence-electron chi connectivity index (χ4n) is 3.23. The molecular weight excluding hydrogens is 437 g/mol. The van der Waals surface area contributed by atoms with Crippen LogP contribution in [0, 0.1) is 20.8 Å². The fourth-order valence-corrected chi connectivity index (χ4v) is 4.78. The van der Waals surface area contributed by atoms with Crippen LogP contribution in [-0.2, 0) is 10.5 Å². The summed E-state index contributed by atoms with van der Waals surface area (Å²) in [5.41, 5.74) is 8.92. The van der Waals surface area contributed by atoms with Gasteiger partial charge in [0.2, 0.25) is 5.91 Å². The van der Waals surface area contributed by atoms with E-state index in [1.807, 2.05) is 19.1 Å². The van der Waals surface area contributed by atoms with Crippen molar-refractivity contribution in [1.82, 2.24) is 9.99 Å². The van der Waals surface area contributed by atoms with Crippen LogP contribution in [0.15, 0.2) is 53.6 Å². The molecule has 3 aromatic rings. The Morgan fingerprint density at radius 2 is 1.80 bits per heavy atom. The summed E-state index contributed by atoms with van der Waals surface area (Å²) in [7, 11) is 0. The van der Waals surface area contributed by atoms with Crippen molar-refractivity contribution in [3.05, 3.63) is 86.7 Å².